The van der Waals surface area contributed by atoms with Gasteiger partial charge in [0.1, 0.15) is 28.6 Å². The van der Waals surface area contributed by atoms with Crippen molar-refractivity contribution in [3.8, 4) is 22.8 Å². The molecule has 0 radical (unpaired) electrons. The quantitative estimate of drug-likeness (QED) is 0.533. The van der Waals surface area contributed by atoms with Crippen molar-refractivity contribution >= 4 is 17.6 Å². The molecule has 182 valence electrons. The first-order valence-electron chi connectivity index (χ1n) is 12.0. The Morgan fingerprint density at radius 1 is 0.943 bits per heavy atom. The van der Waals surface area contributed by atoms with Crippen molar-refractivity contribution in [3.05, 3.63) is 72.8 Å². The largest absolute Gasteiger partial charge is 0.457 e. The van der Waals surface area contributed by atoms with E-state index in [1.807, 2.05) is 64.2 Å². The number of aryl methyl sites for hydroxylation is 1. The molecule has 0 unspecified atom stereocenters. The van der Waals surface area contributed by atoms with Gasteiger partial charge in [-0.15, -0.1) is 0 Å². The number of benzene rings is 2. The number of fused-ring (bicyclic) bond motifs is 1. The molecule has 2 aromatic carbocycles. The summed E-state index contributed by atoms with van der Waals surface area (Å²) in [7, 11) is 0. The lowest BCUT2D eigenvalue weighted by molar-refractivity contribution is -0.126. The van der Waals surface area contributed by atoms with Gasteiger partial charge < -0.3 is 20.7 Å². The standard InChI is InChI=1S/C19H18N4O2.C8H13NO/c20-18(24)16-17(22-23-12-4-11-21-19(16)23)13-7-9-15(10-8-13)25-14-5-2-1-3-6-14;1-2-8(10)9-6-4-3-5-7-9/h1-3,5-10,21H,4,11-12H2,(H2,20,24);2H,1,3-7H2. The van der Waals surface area contributed by atoms with Crippen LogP contribution in [-0.2, 0) is 11.3 Å². The van der Waals surface area contributed by atoms with Gasteiger partial charge in [0, 0.05) is 31.7 Å². The molecule has 3 N–H and O–H groups in total. The number of nitrogens with one attached hydrogen (secondary N) is 1. The Balaban J connectivity index is 0.000000243. The van der Waals surface area contributed by atoms with E-state index in [1.165, 1.54) is 12.5 Å². The molecule has 35 heavy (non-hydrogen) atoms. The SMILES string of the molecule is C=CC(=O)N1CCCCC1.NC(=O)c1c(-c2ccc(Oc3ccccc3)cc2)nn2c1NCCC2. The first kappa shape index (κ1) is 24.1. The predicted octanol–water partition coefficient (Wildman–Crippen LogP) is 4.44. The highest BCUT2D eigenvalue weighted by atomic mass is 16.5. The summed E-state index contributed by atoms with van der Waals surface area (Å²) in [6.07, 6.45) is 5.93. The molecule has 0 aliphatic carbocycles. The Morgan fingerprint density at radius 2 is 1.63 bits per heavy atom. The van der Waals surface area contributed by atoms with Gasteiger partial charge >= 0.3 is 0 Å². The molecule has 2 amide bonds. The molecular formula is C27H31N5O3. The number of likely N-dealkylation sites (tertiary alicyclic amines) is 1. The highest BCUT2D eigenvalue weighted by Gasteiger charge is 2.24. The van der Waals surface area contributed by atoms with E-state index in [9.17, 15) is 9.59 Å². The number of piperidine rings is 1. The Labute approximate surface area is 205 Å². The molecule has 5 rings (SSSR count). The van der Waals surface area contributed by atoms with Gasteiger partial charge in [-0.2, -0.15) is 5.10 Å². The smallest absolute Gasteiger partial charge is 0.254 e. The summed E-state index contributed by atoms with van der Waals surface area (Å²) >= 11 is 0. The molecule has 0 atom stereocenters. The van der Waals surface area contributed by atoms with Gasteiger partial charge in [-0.1, -0.05) is 24.8 Å². The molecule has 8 heteroatoms. The highest BCUT2D eigenvalue weighted by molar-refractivity contribution is 6.03. The van der Waals surface area contributed by atoms with Crippen LogP contribution in [0.5, 0.6) is 11.5 Å². The number of hydrogen-bond donors (Lipinski definition) is 2. The van der Waals surface area contributed by atoms with Crippen LogP contribution in [0.25, 0.3) is 11.3 Å². The summed E-state index contributed by atoms with van der Waals surface area (Å²) < 4.78 is 7.61. The molecule has 1 fully saturated rings. The zero-order valence-electron chi connectivity index (χ0n) is 19.8. The van der Waals surface area contributed by atoms with Crippen molar-refractivity contribution < 1.29 is 14.3 Å². The van der Waals surface area contributed by atoms with Crippen LogP contribution in [0, 0.1) is 0 Å². The number of primary amides is 1. The van der Waals surface area contributed by atoms with E-state index < -0.39 is 5.91 Å². The van der Waals surface area contributed by atoms with E-state index in [-0.39, 0.29) is 5.91 Å². The Bertz CT molecular complexity index is 1170. The second-order valence-electron chi connectivity index (χ2n) is 8.47. The minimum atomic E-state index is -0.477. The zero-order chi connectivity index (χ0) is 24.6. The number of para-hydroxylation sites is 1. The highest BCUT2D eigenvalue weighted by Crippen LogP contribution is 2.32. The molecule has 1 aromatic heterocycles. The number of nitrogens with zero attached hydrogens (tertiary/aromatic N) is 3. The van der Waals surface area contributed by atoms with Crippen molar-refractivity contribution in [1.29, 1.82) is 0 Å². The molecule has 0 saturated carbocycles. The monoisotopic (exact) mass is 473 g/mol. The third-order valence-electron chi connectivity index (χ3n) is 5.99. The Morgan fingerprint density at radius 3 is 2.29 bits per heavy atom. The fraction of sp³-hybridized carbons (Fsp3) is 0.296. The average molecular weight is 474 g/mol. The molecule has 2 aliphatic rings. The minimum Gasteiger partial charge on any atom is -0.457 e. The normalized spacial score (nSPS) is 14.6. The molecular weight excluding hydrogens is 442 g/mol. The van der Waals surface area contributed by atoms with E-state index in [2.05, 4.69) is 17.0 Å². The maximum absolute atomic E-state index is 11.9. The van der Waals surface area contributed by atoms with Crippen molar-refractivity contribution in [3.63, 3.8) is 0 Å². The fourth-order valence-corrected chi connectivity index (χ4v) is 4.22. The van der Waals surface area contributed by atoms with Gasteiger partial charge in [-0.25, -0.2) is 4.68 Å². The van der Waals surface area contributed by atoms with E-state index in [4.69, 9.17) is 10.5 Å². The van der Waals surface area contributed by atoms with Crippen molar-refractivity contribution in [2.75, 3.05) is 25.0 Å². The van der Waals surface area contributed by atoms with Crippen LogP contribution in [0.2, 0.25) is 0 Å². The third-order valence-corrected chi connectivity index (χ3v) is 5.99. The van der Waals surface area contributed by atoms with Crippen LogP contribution in [-0.4, -0.2) is 46.1 Å². The summed E-state index contributed by atoms with van der Waals surface area (Å²) in [6.45, 7) is 6.88. The van der Waals surface area contributed by atoms with E-state index in [1.54, 1.807) is 0 Å². The maximum Gasteiger partial charge on any atom is 0.254 e. The summed E-state index contributed by atoms with van der Waals surface area (Å²) in [4.78, 5) is 24.8. The molecule has 8 nitrogen and oxygen atoms in total. The minimum absolute atomic E-state index is 0.0831. The van der Waals surface area contributed by atoms with Crippen molar-refractivity contribution in [1.82, 2.24) is 14.7 Å². The van der Waals surface area contributed by atoms with Crippen LogP contribution in [0.4, 0.5) is 5.82 Å². The molecule has 2 aliphatic heterocycles. The topological polar surface area (TPSA) is 102 Å². The van der Waals surface area contributed by atoms with Gasteiger partial charge in [-0.3, -0.25) is 9.59 Å². The number of anilines is 1. The first-order chi connectivity index (χ1) is 17.1. The van der Waals surface area contributed by atoms with Crippen molar-refractivity contribution in [2.24, 2.45) is 5.73 Å². The van der Waals surface area contributed by atoms with Crippen LogP contribution < -0.4 is 15.8 Å². The average Bonchev–Trinajstić information content (AvgIpc) is 3.30. The predicted molar refractivity (Wildman–Crippen MR) is 136 cm³/mol. The van der Waals surface area contributed by atoms with Crippen LogP contribution in [0.3, 0.4) is 0 Å². The molecule has 3 aromatic rings. The molecule has 1 saturated heterocycles. The third kappa shape index (κ3) is 5.90. The van der Waals surface area contributed by atoms with Gasteiger partial charge in [0.05, 0.1) is 0 Å². The van der Waals surface area contributed by atoms with Gasteiger partial charge in [0.2, 0.25) is 5.91 Å². The Hall–Kier alpha value is -4.07. The number of nitrogens with two attached hydrogens (primary N) is 1. The number of carbonyl (C=O) groups excluding carboxylic acids is 2. The summed E-state index contributed by atoms with van der Waals surface area (Å²) in [5.41, 5.74) is 7.47. The Kier molecular flexibility index (Phi) is 7.82. The maximum atomic E-state index is 11.9. The number of aromatic nitrogens is 2. The lowest BCUT2D eigenvalue weighted by Gasteiger charge is -2.25. The number of carbonyl (C=O) groups is 2. The lowest BCUT2D eigenvalue weighted by Crippen LogP contribution is -2.34. The van der Waals surface area contributed by atoms with Gasteiger partial charge in [0.25, 0.3) is 5.91 Å². The number of ether oxygens (including phenoxy) is 1. The zero-order valence-corrected chi connectivity index (χ0v) is 19.8. The van der Waals surface area contributed by atoms with Gasteiger partial charge in [-0.05, 0) is 68.2 Å². The molecule has 0 bridgehead atoms. The van der Waals surface area contributed by atoms with Crippen LogP contribution in [0.1, 0.15) is 36.0 Å². The fourth-order valence-electron chi connectivity index (χ4n) is 4.22. The second-order valence-corrected chi connectivity index (χ2v) is 8.47. The second kappa shape index (κ2) is 11.4. The summed E-state index contributed by atoms with van der Waals surface area (Å²) in [6, 6.07) is 17.1. The van der Waals surface area contributed by atoms with Crippen molar-refractivity contribution in [2.45, 2.75) is 32.2 Å². The summed E-state index contributed by atoms with van der Waals surface area (Å²) in [5.74, 6) is 1.81. The van der Waals surface area contributed by atoms with E-state index in [0.29, 0.717) is 17.1 Å². The van der Waals surface area contributed by atoms with E-state index in [0.717, 1.165) is 62.5 Å². The van der Waals surface area contributed by atoms with E-state index >= 15 is 0 Å². The lowest BCUT2D eigenvalue weighted by atomic mass is 10.1. The first-order valence-corrected chi connectivity index (χ1v) is 12.0. The molecule has 3 heterocycles. The number of hydrogen-bond acceptors (Lipinski definition) is 5. The van der Waals surface area contributed by atoms with Crippen LogP contribution >= 0.6 is 0 Å². The molecule has 0 spiro atoms. The number of amides is 2. The van der Waals surface area contributed by atoms with Gasteiger partial charge in [0.15, 0.2) is 0 Å². The number of rotatable bonds is 5. The van der Waals surface area contributed by atoms with Crippen LogP contribution in [0.15, 0.2) is 67.3 Å². The summed E-state index contributed by atoms with van der Waals surface area (Å²) in [5, 5.41) is 7.79.